The van der Waals surface area contributed by atoms with Crippen LogP contribution in [-0.2, 0) is 22.3 Å². The second kappa shape index (κ2) is 10.6. The molecule has 0 bridgehead atoms. The summed E-state index contributed by atoms with van der Waals surface area (Å²) in [6.45, 7) is 2.80. The van der Waals surface area contributed by atoms with Gasteiger partial charge in [-0.2, -0.15) is 13.2 Å². The topological polar surface area (TPSA) is 91.4 Å². The van der Waals surface area contributed by atoms with Gasteiger partial charge in [0.1, 0.15) is 12.4 Å². The van der Waals surface area contributed by atoms with E-state index >= 15 is 0 Å². The number of hydrogen-bond acceptors (Lipinski definition) is 7. The SMILES string of the molecule is CCn1c(SCC(=O)Nc2cc(C(F)(F)F)ccc2OCCOC)nnc1-c1ccco1. The molecule has 3 aromatic rings. The van der Waals surface area contributed by atoms with Gasteiger partial charge in [0.25, 0.3) is 0 Å². The Labute approximate surface area is 186 Å². The summed E-state index contributed by atoms with van der Waals surface area (Å²) in [7, 11) is 1.47. The number of rotatable bonds is 10. The lowest BCUT2D eigenvalue weighted by atomic mass is 10.1. The minimum atomic E-state index is -4.56. The van der Waals surface area contributed by atoms with E-state index in [-0.39, 0.29) is 30.4 Å². The van der Waals surface area contributed by atoms with E-state index in [1.54, 1.807) is 16.7 Å². The smallest absolute Gasteiger partial charge is 0.416 e. The molecule has 1 aromatic carbocycles. The summed E-state index contributed by atoms with van der Waals surface area (Å²) < 4.78 is 56.8. The highest BCUT2D eigenvalue weighted by Crippen LogP contribution is 2.35. The Morgan fingerprint density at radius 2 is 2.06 bits per heavy atom. The van der Waals surface area contributed by atoms with Gasteiger partial charge in [0.2, 0.25) is 5.91 Å². The summed E-state index contributed by atoms with van der Waals surface area (Å²) in [5.41, 5.74) is -0.969. The first-order valence-electron chi connectivity index (χ1n) is 9.56. The number of nitrogens with one attached hydrogen (secondary N) is 1. The van der Waals surface area contributed by atoms with Crippen LogP contribution in [0.15, 0.2) is 46.2 Å². The van der Waals surface area contributed by atoms with Crippen LogP contribution in [0.2, 0.25) is 0 Å². The number of hydrogen-bond donors (Lipinski definition) is 1. The number of nitrogens with zero attached hydrogens (tertiary/aromatic N) is 3. The molecule has 2 aromatic heterocycles. The molecule has 0 radical (unpaired) electrons. The zero-order valence-corrected chi connectivity index (χ0v) is 18.1. The van der Waals surface area contributed by atoms with Crippen molar-refractivity contribution in [2.45, 2.75) is 24.8 Å². The molecule has 0 saturated heterocycles. The Bertz CT molecular complexity index is 1040. The van der Waals surface area contributed by atoms with E-state index in [2.05, 4.69) is 15.5 Å². The first-order valence-corrected chi connectivity index (χ1v) is 10.5. The summed E-state index contributed by atoms with van der Waals surface area (Å²) in [6, 6.07) is 6.38. The number of carbonyl (C=O) groups is 1. The number of amides is 1. The van der Waals surface area contributed by atoms with Crippen LogP contribution in [0.3, 0.4) is 0 Å². The molecule has 3 rings (SSSR count). The number of benzene rings is 1. The quantitative estimate of drug-likeness (QED) is 0.348. The van der Waals surface area contributed by atoms with Crippen LogP contribution in [0.1, 0.15) is 12.5 Å². The summed E-state index contributed by atoms with van der Waals surface area (Å²) in [5.74, 6) is 0.565. The molecule has 32 heavy (non-hydrogen) atoms. The van der Waals surface area contributed by atoms with Gasteiger partial charge in [-0.15, -0.1) is 10.2 Å². The van der Waals surface area contributed by atoms with Crippen LogP contribution in [0.4, 0.5) is 18.9 Å². The van der Waals surface area contributed by atoms with E-state index in [9.17, 15) is 18.0 Å². The molecule has 0 aliphatic carbocycles. The van der Waals surface area contributed by atoms with Gasteiger partial charge < -0.3 is 19.2 Å². The second-order valence-electron chi connectivity index (χ2n) is 6.41. The monoisotopic (exact) mass is 470 g/mol. The number of halogens is 3. The maximum Gasteiger partial charge on any atom is 0.416 e. The fourth-order valence-corrected chi connectivity index (χ4v) is 3.55. The van der Waals surface area contributed by atoms with Crippen LogP contribution in [0.5, 0.6) is 5.75 Å². The van der Waals surface area contributed by atoms with Gasteiger partial charge >= 0.3 is 6.18 Å². The molecular weight excluding hydrogens is 449 g/mol. The molecule has 1 amide bonds. The number of ether oxygens (including phenoxy) is 2. The highest BCUT2D eigenvalue weighted by atomic mass is 32.2. The zero-order chi connectivity index (χ0) is 23.1. The van der Waals surface area contributed by atoms with Crippen LogP contribution >= 0.6 is 11.8 Å². The predicted octanol–water partition coefficient (Wildman–Crippen LogP) is 4.33. The van der Waals surface area contributed by atoms with Crippen molar-refractivity contribution in [1.29, 1.82) is 0 Å². The van der Waals surface area contributed by atoms with Gasteiger partial charge in [0.15, 0.2) is 16.7 Å². The summed E-state index contributed by atoms with van der Waals surface area (Å²) in [4.78, 5) is 12.5. The average molecular weight is 470 g/mol. The third-order valence-corrected chi connectivity index (χ3v) is 5.20. The van der Waals surface area contributed by atoms with Crippen molar-refractivity contribution in [2.75, 3.05) is 31.4 Å². The number of methoxy groups -OCH3 is 1. The largest absolute Gasteiger partial charge is 0.489 e. The summed E-state index contributed by atoms with van der Waals surface area (Å²) in [6.07, 6.45) is -3.04. The number of alkyl halides is 3. The van der Waals surface area contributed by atoms with E-state index in [0.717, 1.165) is 23.9 Å². The first-order chi connectivity index (χ1) is 15.3. The van der Waals surface area contributed by atoms with Crippen LogP contribution < -0.4 is 10.1 Å². The third-order valence-electron chi connectivity index (χ3n) is 4.23. The molecule has 12 heteroatoms. The van der Waals surface area contributed by atoms with Crippen LogP contribution in [0, 0.1) is 0 Å². The van der Waals surface area contributed by atoms with Crippen molar-refractivity contribution in [3.05, 3.63) is 42.2 Å². The molecule has 8 nitrogen and oxygen atoms in total. The zero-order valence-electron chi connectivity index (χ0n) is 17.3. The van der Waals surface area contributed by atoms with Crippen molar-refractivity contribution >= 4 is 23.4 Å². The predicted molar refractivity (Wildman–Crippen MR) is 112 cm³/mol. The molecule has 0 unspecified atom stereocenters. The Morgan fingerprint density at radius 1 is 1.25 bits per heavy atom. The molecule has 0 spiro atoms. The van der Waals surface area contributed by atoms with Gasteiger partial charge in [-0.1, -0.05) is 11.8 Å². The third kappa shape index (κ3) is 5.82. The minimum absolute atomic E-state index is 0.0743. The van der Waals surface area contributed by atoms with Gasteiger partial charge in [-0.05, 0) is 37.3 Å². The van der Waals surface area contributed by atoms with E-state index in [1.807, 2.05) is 6.92 Å². The summed E-state index contributed by atoms with van der Waals surface area (Å²) >= 11 is 1.11. The van der Waals surface area contributed by atoms with Crippen molar-refractivity contribution in [3.63, 3.8) is 0 Å². The molecule has 0 aliphatic heterocycles. The first kappa shape index (κ1) is 23.7. The molecule has 0 aliphatic rings. The van der Waals surface area contributed by atoms with E-state index in [0.29, 0.717) is 23.3 Å². The van der Waals surface area contributed by atoms with Crippen molar-refractivity contribution in [3.8, 4) is 17.3 Å². The number of furan rings is 1. The Balaban J connectivity index is 1.71. The number of carbonyl (C=O) groups excluding carboxylic acids is 1. The second-order valence-corrected chi connectivity index (χ2v) is 7.36. The van der Waals surface area contributed by atoms with Crippen LogP contribution in [-0.4, -0.2) is 46.7 Å². The van der Waals surface area contributed by atoms with E-state index in [4.69, 9.17) is 13.9 Å². The number of aromatic nitrogens is 3. The highest BCUT2D eigenvalue weighted by molar-refractivity contribution is 7.99. The highest BCUT2D eigenvalue weighted by Gasteiger charge is 2.31. The lowest BCUT2D eigenvalue weighted by Gasteiger charge is -2.15. The van der Waals surface area contributed by atoms with Crippen molar-refractivity contribution in [1.82, 2.24) is 14.8 Å². The van der Waals surface area contributed by atoms with Gasteiger partial charge in [-0.25, -0.2) is 0 Å². The molecule has 0 fully saturated rings. The Morgan fingerprint density at radius 3 is 2.72 bits per heavy atom. The Kier molecular flexibility index (Phi) is 7.80. The summed E-state index contributed by atoms with van der Waals surface area (Å²) in [5, 5.41) is 11.2. The molecule has 2 heterocycles. The van der Waals surface area contributed by atoms with E-state index in [1.165, 1.54) is 19.4 Å². The maximum atomic E-state index is 13.1. The van der Waals surface area contributed by atoms with E-state index < -0.39 is 17.6 Å². The fraction of sp³-hybridized carbons (Fsp3) is 0.350. The average Bonchev–Trinajstić information content (AvgIpc) is 3.42. The standard InChI is InChI=1S/C20H21F3N4O4S/c1-3-27-18(16-5-4-8-30-16)25-26-19(27)32-12-17(28)24-14-11-13(20(21,22)23)6-7-15(14)31-10-9-29-2/h4-8,11H,3,9-10,12H2,1-2H3,(H,24,28). The van der Waals surface area contributed by atoms with Crippen molar-refractivity contribution < 1.29 is 31.9 Å². The fourth-order valence-electron chi connectivity index (χ4n) is 2.75. The lowest BCUT2D eigenvalue weighted by molar-refractivity contribution is -0.137. The minimum Gasteiger partial charge on any atom is -0.489 e. The molecule has 0 saturated carbocycles. The lowest BCUT2D eigenvalue weighted by Crippen LogP contribution is -2.17. The normalized spacial score (nSPS) is 11.5. The molecule has 0 atom stereocenters. The molecular formula is C20H21F3N4O4S. The number of thioether (sulfide) groups is 1. The van der Waals surface area contributed by atoms with Gasteiger partial charge in [-0.3, -0.25) is 9.36 Å². The molecule has 172 valence electrons. The van der Waals surface area contributed by atoms with Gasteiger partial charge in [0, 0.05) is 13.7 Å². The Hall–Kier alpha value is -2.99. The molecule has 1 N–H and O–H groups in total. The van der Waals surface area contributed by atoms with Gasteiger partial charge in [0.05, 0.1) is 29.9 Å². The maximum absolute atomic E-state index is 13.1. The van der Waals surface area contributed by atoms with Crippen molar-refractivity contribution in [2.24, 2.45) is 0 Å². The number of anilines is 1. The van der Waals surface area contributed by atoms with Crippen LogP contribution in [0.25, 0.3) is 11.6 Å².